The second-order valence-electron chi connectivity index (χ2n) is 6.94. The number of nitrogens with zero attached hydrogens (tertiary/aromatic N) is 2. The van der Waals surface area contributed by atoms with Crippen LogP contribution in [0.2, 0.25) is 0 Å². The summed E-state index contributed by atoms with van der Waals surface area (Å²) in [5, 5.41) is 0.680. The second-order valence-corrected chi connectivity index (χ2v) is 7.88. The number of nitrogens with one attached hydrogen (secondary N) is 1. The fraction of sp³-hybridized carbons (Fsp3) is 0.0400. The molecule has 2 heterocycles. The first kappa shape index (κ1) is 18.5. The normalized spacial score (nSPS) is 11.1. The van der Waals surface area contributed by atoms with Crippen LogP contribution in [0.1, 0.15) is 5.56 Å². The molecular formula is C25H19N3OS. The van der Waals surface area contributed by atoms with Crippen LogP contribution >= 0.6 is 11.8 Å². The lowest BCUT2D eigenvalue weighted by Crippen LogP contribution is -2.21. The largest absolute Gasteiger partial charge is 0.355 e. The molecule has 0 aliphatic carbocycles. The molecule has 30 heavy (non-hydrogen) atoms. The van der Waals surface area contributed by atoms with Crippen LogP contribution in [0.4, 0.5) is 0 Å². The lowest BCUT2D eigenvalue weighted by Gasteiger charge is -2.12. The van der Waals surface area contributed by atoms with Crippen molar-refractivity contribution >= 4 is 22.8 Å². The van der Waals surface area contributed by atoms with Crippen molar-refractivity contribution in [1.29, 1.82) is 0 Å². The van der Waals surface area contributed by atoms with Gasteiger partial charge in [0.05, 0.1) is 5.69 Å². The van der Waals surface area contributed by atoms with E-state index in [0.717, 1.165) is 22.6 Å². The molecule has 0 aliphatic heterocycles. The Labute approximate surface area is 178 Å². The molecule has 5 rings (SSSR count). The van der Waals surface area contributed by atoms with Gasteiger partial charge in [-0.2, -0.15) is 0 Å². The summed E-state index contributed by atoms with van der Waals surface area (Å²) in [6.07, 6.45) is 1.87. The van der Waals surface area contributed by atoms with Gasteiger partial charge in [-0.05, 0) is 23.3 Å². The van der Waals surface area contributed by atoms with Crippen molar-refractivity contribution in [2.75, 3.05) is 0 Å². The van der Waals surface area contributed by atoms with Crippen molar-refractivity contribution in [3.8, 4) is 16.8 Å². The third kappa shape index (κ3) is 3.44. The van der Waals surface area contributed by atoms with Crippen LogP contribution in [-0.2, 0) is 5.75 Å². The quantitative estimate of drug-likeness (QED) is 0.300. The fourth-order valence-electron chi connectivity index (χ4n) is 3.50. The van der Waals surface area contributed by atoms with Crippen molar-refractivity contribution in [1.82, 2.24) is 14.5 Å². The Balaban J connectivity index is 1.69. The molecule has 0 radical (unpaired) electrons. The topological polar surface area (TPSA) is 50.7 Å². The SMILES string of the molecule is O=c1c2[nH]cc(-c3ccccc3)c2nc(SCc2ccccc2)n1-c1ccccc1. The first-order valence-electron chi connectivity index (χ1n) is 9.73. The monoisotopic (exact) mass is 409 g/mol. The van der Waals surface area contributed by atoms with Gasteiger partial charge < -0.3 is 4.98 Å². The van der Waals surface area contributed by atoms with E-state index in [-0.39, 0.29) is 5.56 Å². The smallest absolute Gasteiger partial charge is 0.283 e. The van der Waals surface area contributed by atoms with Gasteiger partial charge in [-0.3, -0.25) is 9.36 Å². The zero-order chi connectivity index (χ0) is 20.3. The van der Waals surface area contributed by atoms with E-state index in [4.69, 9.17) is 4.98 Å². The third-order valence-corrected chi connectivity index (χ3v) is 5.99. The number of aromatic nitrogens is 3. The number of aromatic amines is 1. The maximum Gasteiger partial charge on any atom is 0.283 e. The summed E-state index contributed by atoms with van der Waals surface area (Å²) in [7, 11) is 0. The second kappa shape index (κ2) is 8.05. The molecule has 0 unspecified atom stereocenters. The predicted molar refractivity (Wildman–Crippen MR) is 123 cm³/mol. The number of hydrogen-bond acceptors (Lipinski definition) is 3. The Morgan fingerprint density at radius 3 is 2.17 bits per heavy atom. The van der Waals surface area contributed by atoms with Gasteiger partial charge in [0, 0.05) is 17.5 Å². The third-order valence-electron chi connectivity index (χ3n) is 4.98. The summed E-state index contributed by atoms with van der Waals surface area (Å²) in [6.45, 7) is 0. The molecule has 0 aliphatic rings. The number of thioether (sulfide) groups is 1. The van der Waals surface area contributed by atoms with Crippen LogP contribution in [0.3, 0.4) is 0 Å². The first-order chi connectivity index (χ1) is 14.8. The van der Waals surface area contributed by atoms with E-state index in [9.17, 15) is 4.79 Å². The number of benzene rings is 3. The minimum Gasteiger partial charge on any atom is -0.355 e. The molecular weight excluding hydrogens is 390 g/mol. The summed E-state index contributed by atoms with van der Waals surface area (Å²) in [6, 6.07) is 29.9. The highest BCUT2D eigenvalue weighted by Gasteiger charge is 2.17. The van der Waals surface area contributed by atoms with Gasteiger partial charge in [-0.15, -0.1) is 0 Å². The minimum atomic E-state index is -0.0936. The van der Waals surface area contributed by atoms with E-state index in [1.54, 1.807) is 16.3 Å². The molecule has 0 bridgehead atoms. The Morgan fingerprint density at radius 2 is 1.47 bits per heavy atom. The van der Waals surface area contributed by atoms with Crippen LogP contribution in [-0.4, -0.2) is 14.5 Å². The van der Waals surface area contributed by atoms with Crippen molar-refractivity contribution < 1.29 is 0 Å². The van der Waals surface area contributed by atoms with Crippen molar-refractivity contribution in [2.24, 2.45) is 0 Å². The molecule has 0 amide bonds. The number of fused-ring (bicyclic) bond motifs is 1. The maximum absolute atomic E-state index is 13.5. The number of rotatable bonds is 5. The summed E-state index contributed by atoms with van der Waals surface area (Å²) >= 11 is 1.57. The maximum atomic E-state index is 13.5. The van der Waals surface area contributed by atoms with Gasteiger partial charge in [-0.25, -0.2) is 4.98 Å². The van der Waals surface area contributed by atoms with Gasteiger partial charge in [0.2, 0.25) is 0 Å². The van der Waals surface area contributed by atoms with Gasteiger partial charge in [0.25, 0.3) is 5.56 Å². The minimum absolute atomic E-state index is 0.0936. The van der Waals surface area contributed by atoms with E-state index in [0.29, 0.717) is 16.2 Å². The van der Waals surface area contributed by atoms with Crippen LogP contribution < -0.4 is 5.56 Å². The fourth-order valence-corrected chi connectivity index (χ4v) is 4.46. The molecule has 1 N–H and O–H groups in total. The van der Waals surface area contributed by atoms with E-state index < -0.39 is 0 Å². The van der Waals surface area contributed by atoms with Crippen molar-refractivity contribution in [3.05, 3.63) is 113 Å². The molecule has 0 fully saturated rings. The van der Waals surface area contributed by atoms with E-state index in [1.165, 1.54) is 5.56 Å². The average molecular weight is 410 g/mol. The summed E-state index contributed by atoms with van der Waals surface area (Å²) in [5.74, 6) is 0.733. The van der Waals surface area contributed by atoms with Crippen LogP contribution in [0.15, 0.2) is 107 Å². The predicted octanol–water partition coefficient (Wildman–Crippen LogP) is 5.67. The Morgan fingerprint density at radius 1 is 0.833 bits per heavy atom. The number of hydrogen-bond donors (Lipinski definition) is 1. The zero-order valence-electron chi connectivity index (χ0n) is 16.2. The highest BCUT2D eigenvalue weighted by Crippen LogP contribution is 2.29. The molecule has 2 aromatic heterocycles. The molecule has 0 saturated carbocycles. The molecule has 5 aromatic rings. The Hall–Kier alpha value is -3.57. The molecule has 3 aromatic carbocycles. The van der Waals surface area contributed by atoms with Gasteiger partial charge in [0.15, 0.2) is 5.16 Å². The summed E-state index contributed by atoms with van der Waals surface area (Å²) in [4.78, 5) is 21.6. The lowest BCUT2D eigenvalue weighted by atomic mass is 10.1. The molecule has 146 valence electrons. The van der Waals surface area contributed by atoms with Crippen molar-refractivity contribution in [3.63, 3.8) is 0 Å². The van der Waals surface area contributed by atoms with Crippen molar-refractivity contribution in [2.45, 2.75) is 10.9 Å². The van der Waals surface area contributed by atoms with Gasteiger partial charge >= 0.3 is 0 Å². The highest BCUT2D eigenvalue weighted by molar-refractivity contribution is 7.98. The van der Waals surface area contributed by atoms with E-state index in [2.05, 4.69) is 17.1 Å². The van der Waals surface area contributed by atoms with Gasteiger partial charge in [-0.1, -0.05) is 90.6 Å². The average Bonchev–Trinajstić information content (AvgIpc) is 3.24. The Kier molecular flexibility index (Phi) is 4.95. The molecule has 0 atom stereocenters. The number of H-pyrrole nitrogens is 1. The molecule has 4 nitrogen and oxygen atoms in total. The van der Waals surface area contributed by atoms with Crippen LogP contribution in [0, 0.1) is 0 Å². The van der Waals surface area contributed by atoms with Crippen LogP contribution in [0.5, 0.6) is 0 Å². The van der Waals surface area contributed by atoms with Gasteiger partial charge in [0.1, 0.15) is 11.0 Å². The standard InChI is InChI=1S/C25H19N3OS/c29-24-23-22(21(16-26-23)19-12-6-2-7-13-19)27-25(28(24)20-14-8-3-9-15-20)30-17-18-10-4-1-5-11-18/h1-16,26H,17H2. The van der Waals surface area contributed by atoms with E-state index >= 15 is 0 Å². The summed E-state index contributed by atoms with van der Waals surface area (Å²) in [5.41, 5.74) is 5.09. The van der Waals surface area contributed by atoms with Crippen LogP contribution in [0.25, 0.3) is 27.8 Å². The summed E-state index contributed by atoms with van der Waals surface area (Å²) < 4.78 is 1.70. The molecule has 5 heteroatoms. The Bertz CT molecular complexity index is 1340. The highest BCUT2D eigenvalue weighted by atomic mass is 32.2. The first-order valence-corrected chi connectivity index (χ1v) is 10.7. The number of para-hydroxylation sites is 1. The van der Waals surface area contributed by atoms with E-state index in [1.807, 2.05) is 85.1 Å². The lowest BCUT2D eigenvalue weighted by molar-refractivity contribution is 0.818. The zero-order valence-corrected chi connectivity index (χ0v) is 17.0. The molecule has 0 saturated heterocycles. The molecule has 0 spiro atoms.